The number of rotatable bonds is 5. The van der Waals surface area contributed by atoms with Crippen LogP contribution in [0.15, 0.2) is 0 Å². The Kier molecular flexibility index (Phi) is 4.68. The fourth-order valence-corrected chi connectivity index (χ4v) is 3.40. The molecule has 128 valence electrons. The van der Waals surface area contributed by atoms with Crippen LogP contribution in [0.3, 0.4) is 0 Å². The zero-order valence-corrected chi connectivity index (χ0v) is 14.0. The number of aromatic nitrogens is 3. The van der Waals surface area contributed by atoms with Gasteiger partial charge in [-0.25, -0.2) is 0 Å². The number of nitrogens with zero attached hydrogens (tertiary/aromatic N) is 4. The van der Waals surface area contributed by atoms with E-state index in [1.165, 1.54) is 0 Å². The molecule has 1 aromatic heterocycles. The second-order valence-electron chi connectivity index (χ2n) is 6.72. The predicted molar refractivity (Wildman–Crippen MR) is 83.6 cm³/mol. The summed E-state index contributed by atoms with van der Waals surface area (Å²) in [6.45, 7) is 6.38. The van der Waals surface area contributed by atoms with E-state index in [2.05, 4.69) is 14.8 Å². The van der Waals surface area contributed by atoms with E-state index in [4.69, 9.17) is 4.74 Å². The molecule has 1 amide bonds. The summed E-state index contributed by atoms with van der Waals surface area (Å²) in [4.78, 5) is 14.5. The highest BCUT2D eigenvalue weighted by atomic mass is 16.5. The van der Waals surface area contributed by atoms with Crippen LogP contribution < -0.4 is 0 Å². The van der Waals surface area contributed by atoms with Crippen molar-refractivity contribution in [2.75, 3.05) is 13.2 Å². The predicted octanol–water partition coefficient (Wildman–Crippen LogP) is 0.893. The zero-order chi connectivity index (χ0) is 16.4. The van der Waals surface area contributed by atoms with Crippen molar-refractivity contribution in [1.82, 2.24) is 19.7 Å². The molecule has 0 bridgehead atoms. The van der Waals surface area contributed by atoms with Gasteiger partial charge in [0.25, 0.3) is 0 Å². The average molecular weight is 322 g/mol. The van der Waals surface area contributed by atoms with Crippen molar-refractivity contribution in [3.8, 4) is 0 Å². The minimum atomic E-state index is -0.766. The van der Waals surface area contributed by atoms with Crippen molar-refractivity contribution < 1.29 is 14.6 Å². The molecule has 0 saturated heterocycles. The summed E-state index contributed by atoms with van der Waals surface area (Å²) in [6, 6.07) is 0.0663. The Bertz CT molecular complexity index is 568. The minimum absolute atomic E-state index is 0.0461. The van der Waals surface area contributed by atoms with E-state index in [-0.39, 0.29) is 18.4 Å². The lowest BCUT2D eigenvalue weighted by Crippen LogP contribution is -2.47. The smallest absolute Gasteiger partial charge is 0.225 e. The van der Waals surface area contributed by atoms with Crippen molar-refractivity contribution in [2.24, 2.45) is 0 Å². The molecule has 0 radical (unpaired) electrons. The van der Waals surface area contributed by atoms with Crippen molar-refractivity contribution in [3.63, 3.8) is 0 Å². The lowest BCUT2D eigenvalue weighted by Gasteiger charge is -2.38. The van der Waals surface area contributed by atoms with Gasteiger partial charge in [-0.2, -0.15) is 0 Å². The second kappa shape index (κ2) is 6.57. The molecule has 23 heavy (non-hydrogen) atoms. The molecule has 1 N–H and O–H groups in total. The monoisotopic (exact) mass is 322 g/mol. The molecule has 1 fully saturated rings. The van der Waals surface area contributed by atoms with E-state index in [1.807, 2.05) is 18.7 Å². The number of carbonyl (C=O) groups excluding carboxylic acids is 1. The molecule has 3 rings (SSSR count). The summed E-state index contributed by atoms with van der Waals surface area (Å²) >= 11 is 0. The SMILES string of the molecule is CCOCc1nnc2n1CCN(C(=O)CC1(O)CCC1)[C@@H](C)C2. The van der Waals surface area contributed by atoms with Gasteiger partial charge in [0, 0.05) is 32.2 Å². The van der Waals surface area contributed by atoms with E-state index >= 15 is 0 Å². The molecule has 1 saturated carbocycles. The lowest BCUT2D eigenvalue weighted by atomic mass is 9.77. The van der Waals surface area contributed by atoms with Gasteiger partial charge in [0.05, 0.1) is 12.0 Å². The molecule has 7 heteroatoms. The Morgan fingerprint density at radius 3 is 2.83 bits per heavy atom. The molecule has 0 aromatic carbocycles. The van der Waals surface area contributed by atoms with Gasteiger partial charge < -0.3 is 19.3 Å². The average Bonchev–Trinajstić information content (AvgIpc) is 2.77. The largest absolute Gasteiger partial charge is 0.389 e. The summed E-state index contributed by atoms with van der Waals surface area (Å²) < 4.78 is 7.50. The first kappa shape index (κ1) is 16.4. The lowest BCUT2D eigenvalue weighted by molar-refractivity contribution is -0.142. The third kappa shape index (κ3) is 3.40. The summed E-state index contributed by atoms with van der Waals surface area (Å²) in [6.07, 6.45) is 3.42. The molecule has 7 nitrogen and oxygen atoms in total. The first-order valence-corrected chi connectivity index (χ1v) is 8.53. The number of amides is 1. The van der Waals surface area contributed by atoms with Crippen molar-refractivity contribution in [1.29, 1.82) is 0 Å². The maximum Gasteiger partial charge on any atom is 0.225 e. The maximum atomic E-state index is 12.6. The van der Waals surface area contributed by atoms with Crippen molar-refractivity contribution in [2.45, 2.75) is 70.7 Å². The van der Waals surface area contributed by atoms with Crippen LogP contribution in [0.4, 0.5) is 0 Å². The Morgan fingerprint density at radius 2 is 2.17 bits per heavy atom. The number of carbonyl (C=O) groups is 1. The summed E-state index contributed by atoms with van der Waals surface area (Å²) in [5.74, 6) is 1.77. The van der Waals surface area contributed by atoms with Crippen LogP contribution in [0.1, 0.15) is 51.2 Å². The van der Waals surface area contributed by atoms with Crippen LogP contribution in [-0.2, 0) is 29.1 Å². The number of hydrogen-bond donors (Lipinski definition) is 1. The Hall–Kier alpha value is -1.47. The Balaban J connectivity index is 1.67. The molecular formula is C16H26N4O3. The number of hydrogen-bond acceptors (Lipinski definition) is 5. The van der Waals surface area contributed by atoms with Gasteiger partial charge >= 0.3 is 0 Å². The quantitative estimate of drug-likeness (QED) is 0.871. The highest BCUT2D eigenvalue weighted by Gasteiger charge is 2.39. The van der Waals surface area contributed by atoms with Gasteiger partial charge in [-0.15, -0.1) is 10.2 Å². The van der Waals surface area contributed by atoms with Crippen LogP contribution in [0.2, 0.25) is 0 Å². The van der Waals surface area contributed by atoms with Crippen LogP contribution in [0, 0.1) is 0 Å². The molecule has 2 heterocycles. The molecule has 2 aliphatic rings. The molecule has 1 aliphatic heterocycles. The Labute approximate surface area is 136 Å². The fourth-order valence-electron chi connectivity index (χ4n) is 3.40. The third-order valence-electron chi connectivity index (χ3n) is 5.00. The standard InChI is InChI=1S/C16H26N4O3/c1-3-23-11-14-18-17-13-9-12(2)19(7-8-20(13)14)15(21)10-16(22)5-4-6-16/h12,22H,3-11H2,1-2H3/t12-/m0/s1. The van der Waals surface area contributed by atoms with Crippen LogP contribution in [0.5, 0.6) is 0 Å². The van der Waals surface area contributed by atoms with Gasteiger partial charge in [-0.3, -0.25) is 4.79 Å². The highest BCUT2D eigenvalue weighted by Crippen LogP contribution is 2.35. The van der Waals surface area contributed by atoms with E-state index in [9.17, 15) is 9.90 Å². The van der Waals surface area contributed by atoms with E-state index in [0.717, 1.165) is 30.9 Å². The second-order valence-corrected chi connectivity index (χ2v) is 6.72. The Morgan fingerprint density at radius 1 is 1.39 bits per heavy atom. The number of ether oxygens (including phenoxy) is 1. The number of fused-ring (bicyclic) bond motifs is 1. The molecule has 1 aromatic rings. The van der Waals surface area contributed by atoms with Gasteiger partial charge in [0.1, 0.15) is 12.4 Å². The topological polar surface area (TPSA) is 80.5 Å². The van der Waals surface area contributed by atoms with Crippen LogP contribution in [-0.4, -0.2) is 55.5 Å². The van der Waals surface area contributed by atoms with Crippen LogP contribution >= 0.6 is 0 Å². The summed E-state index contributed by atoms with van der Waals surface area (Å²) in [5, 5.41) is 18.7. The summed E-state index contributed by atoms with van der Waals surface area (Å²) in [5.41, 5.74) is -0.766. The molecule has 0 unspecified atom stereocenters. The van der Waals surface area contributed by atoms with Crippen molar-refractivity contribution >= 4 is 5.91 Å². The maximum absolute atomic E-state index is 12.6. The molecule has 1 aliphatic carbocycles. The van der Waals surface area contributed by atoms with Gasteiger partial charge in [-0.1, -0.05) is 0 Å². The molecule has 1 atom stereocenters. The van der Waals surface area contributed by atoms with Crippen LogP contribution in [0.25, 0.3) is 0 Å². The van der Waals surface area contributed by atoms with Gasteiger partial charge in [0.15, 0.2) is 5.82 Å². The first-order chi connectivity index (χ1) is 11.0. The minimum Gasteiger partial charge on any atom is -0.389 e. The number of aliphatic hydroxyl groups is 1. The fraction of sp³-hybridized carbons (Fsp3) is 0.812. The van der Waals surface area contributed by atoms with E-state index < -0.39 is 5.60 Å². The normalized spacial score (nSPS) is 23.1. The van der Waals surface area contributed by atoms with Crippen molar-refractivity contribution in [3.05, 3.63) is 11.6 Å². The van der Waals surface area contributed by atoms with Gasteiger partial charge in [-0.05, 0) is 33.1 Å². The zero-order valence-electron chi connectivity index (χ0n) is 14.0. The molecular weight excluding hydrogens is 296 g/mol. The summed E-state index contributed by atoms with van der Waals surface area (Å²) in [7, 11) is 0. The first-order valence-electron chi connectivity index (χ1n) is 8.53. The third-order valence-corrected chi connectivity index (χ3v) is 5.00. The van der Waals surface area contributed by atoms with E-state index in [1.54, 1.807) is 0 Å². The van der Waals surface area contributed by atoms with E-state index in [0.29, 0.717) is 32.7 Å². The molecule has 0 spiro atoms. The van der Waals surface area contributed by atoms with Gasteiger partial charge in [0.2, 0.25) is 5.91 Å². The highest BCUT2D eigenvalue weighted by molar-refractivity contribution is 5.77.